The van der Waals surface area contributed by atoms with E-state index in [1.54, 1.807) is 0 Å². The van der Waals surface area contributed by atoms with E-state index in [1.165, 1.54) is 32.1 Å². The van der Waals surface area contributed by atoms with E-state index in [4.69, 9.17) is 10.5 Å². The van der Waals surface area contributed by atoms with Crippen molar-refractivity contribution in [3.63, 3.8) is 0 Å². The van der Waals surface area contributed by atoms with Crippen LogP contribution in [0.1, 0.15) is 46.0 Å². The van der Waals surface area contributed by atoms with Crippen LogP contribution in [0.2, 0.25) is 0 Å². The number of nitriles is 2. The molecule has 1 aliphatic carbocycles. The number of hydrogen-bond acceptors (Lipinski definition) is 2. The highest BCUT2D eigenvalue weighted by atomic mass is 14.4. The summed E-state index contributed by atoms with van der Waals surface area (Å²) in [5.41, 5.74) is -0.135. The van der Waals surface area contributed by atoms with Gasteiger partial charge in [0, 0.05) is 0 Å². The molecule has 1 fully saturated rings. The van der Waals surface area contributed by atoms with Crippen molar-refractivity contribution in [1.82, 2.24) is 0 Å². The lowest BCUT2D eigenvalue weighted by molar-refractivity contribution is 0.134. The Labute approximate surface area is 86.5 Å². The Morgan fingerprint density at radius 1 is 1.07 bits per heavy atom. The third-order valence-electron chi connectivity index (χ3n) is 3.66. The van der Waals surface area contributed by atoms with Crippen LogP contribution in [0.15, 0.2) is 0 Å². The molecule has 0 N–H and O–H groups in total. The predicted octanol–water partition coefficient (Wildman–Crippen LogP) is 3.26. The minimum absolute atomic E-state index is 0.135. The van der Waals surface area contributed by atoms with Gasteiger partial charge in [0.2, 0.25) is 0 Å². The molecular formula is C12H18N2. The fourth-order valence-electron chi connectivity index (χ4n) is 2.44. The van der Waals surface area contributed by atoms with Gasteiger partial charge in [0.15, 0.2) is 0 Å². The Hall–Kier alpha value is -1.02. The first-order valence-corrected chi connectivity index (χ1v) is 5.42. The summed E-state index contributed by atoms with van der Waals surface area (Å²) < 4.78 is 0. The van der Waals surface area contributed by atoms with E-state index in [0.29, 0.717) is 5.92 Å². The van der Waals surface area contributed by atoms with Gasteiger partial charge in [0.25, 0.3) is 0 Å². The van der Waals surface area contributed by atoms with Crippen LogP contribution in [0.4, 0.5) is 0 Å². The molecule has 0 atom stereocenters. The van der Waals surface area contributed by atoms with Crippen LogP contribution in [-0.4, -0.2) is 0 Å². The van der Waals surface area contributed by atoms with Crippen LogP contribution in [0.25, 0.3) is 0 Å². The molecule has 2 nitrogen and oxygen atoms in total. The summed E-state index contributed by atoms with van der Waals surface area (Å²) in [7, 11) is 0. The molecule has 1 aliphatic rings. The molecule has 2 heteroatoms. The first kappa shape index (κ1) is 11.1. The molecule has 76 valence electrons. The minimum Gasteiger partial charge on any atom is -0.197 e. The van der Waals surface area contributed by atoms with E-state index in [2.05, 4.69) is 26.0 Å². The Kier molecular flexibility index (Phi) is 3.53. The number of nitrogens with zero attached hydrogens (tertiary/aromatic N) is 2. The Morgan fingerprint density at radius 2 is 1.57 bits per heavy atom. The third kappa shape index (κ3) is 2.07. The molecule has 0 amide bonds. The molecular weight excluding hydrogens is 172 g/mol. The first-order valence-electron chi connectivity index (χ1n) is 5.42. The van der Waals surface area contributed by atoms with E-state index in [9.17, 15) is 0 Å². The van der Waals surface area contributed by atoms with E-state index in [1.807, 2.05) is 0 Å². The van der Waals surface area contributed by atoms with Gasteiger partial charge in [-0.2, -0.15) is 10.5 Å². The van der Waals surface area contributed by atoms with E-state index in [-0.39, 0.29) is 5.41 Å². The van der Waals surface area contributed by atoms with Crippen LogP contribution >= 0.6 is 0 Å². The monoisotopic (exact) mass is 190 g/mol. The van der Waals surface area contributed by atoms with Crippen molar-refractivity contribution in [3.05, 3.63) is 0 Å². The smallest absolute Gasteiger partial charge is 0.138 e. The van der Waals surface area contributed by atoms with E-state index >= 15 is 0 Å². The standard InChI is InChI=1S/C12H18N2/c1-12(2,11(8-13)9-14)10-6-4-3-5-7-10/h10-11H,3-7H2,1-2H3. The summed E-state index contributed by atoms with van der Waals surface area (Å²) in [6, 6.07) is 4.26. The average Bonchev–Trinajstić information content (AvgIpc) is 2.20. The quantitative estimate of drug-likeness (QED) is 0.671. The highest BCUT2D eigenvalue weighted by Crippen LogP contribution is 2.42. The molecule has 0 saturated heterocycles. The normalized spacial score (nSPS) is 18.9. The maximum atomic E-state index is 8.92. The molecule has 0 aliphatic heterocycles. The zero-order valence-electron chi connectivity index (χ0n) is 9.08. The van der Waals surface area contributed by atoms with Gasteiger partial charge in [-0.1, -0.05) is 33.1 Å². The minimum atomic E-state index is -0.453. The average molecular weight is 190 g/mol. The molecule has 0 unspecified atom stereocenters. The molecule has 0 aromatic heterocycles. The second kappa shape index (κ2) is 4.47. The van der Waals surface area contributed by atoms with Gasteiger partial charge in [-0.05, 0) is 24.2 Å². The van der Waals surface area contributed by atoms with Crippen molar-refractivity contribution in [1.29, 1.82) is 10.5 Å². The molecule has 0 spiro atoms. The highest BCUT2D eigenvalue weighted by molar-refractivity contribution is 5.08. The fourth-order valence-corrected chi connectivity index (χ4v) is 2.44. The van der Waals surface area contributed by atoms with Gasteiger partial charge < -0.3 is 0 Å². The van der Waals surface area contributed by atoms with Crippen LogP contribution in [0.5, 0.6) is 0 Å². The lowest BCUT2D eigenvalue weighted by Gasteiger charge is -2.37. The molecule has 1 saturated carbocycles. The lowest BCUT2D eigenvalue weighted by atomic mass is 9.65. The van der Waals surface area contributed by atoms with Gasteiger partial charge >= 0.3 is 0 Å². The summed E-state index contributed by atoms with van der Waals surface area (Å²) in [4.78, 5) is 0. The van der Waals surface area contributed by atoms with Crippen LogP contribution < -0.4 is 0 Å². The van der Waals surface area contributed by atoms with Crippen molar-refractivity contribution in [2.45, 2.75) is 46.0 Å². The summed E-state index contributed by atoms with van der Waals surface area (Å²) in [5, 5.41) is 17.8. The number of hydrogen-bond donors (Lipinski definition) is 0. The molecule has 0 heterocycles. The highest BCUT2D eigenvalue weighted by Gasteiger charge is 2.37. The summed E-state index contributed by atoms with van der Waals surface area (Å²) >= 11 is 0. The maximum Gasteiger partial charge on any atom is 0.138 e. The summed E-state index contributed by atoms with van der Waals surface area (Å²) in [5.74, 6) is 0.103. The van der Waals surface area contributed by atoms with Crippen molar-refractivity contribution in [3.8, 4) is 12.1 Å². The third-order valence-corrected chi connectivity index (χ3v) is 3.66. The van der Waals surface area contributed by atoms with Crippen molar-refractivity contribution < 1.29 is 0 Å². The maximum absolute atomic E-state index is 8.92. The van der Waals surface area contributed by atoms with Gasteiger partial charge in [0.05, 0.1) is 12.1 Å². The van der Waals surface area contributed by atoms with Crippen LogP contribution in [-0.2, 0) is 0 Å². The zero-order chi connectivity index (χ0) is 10.6. The van der Waals surface area contributed by atoms with Crippen LogP contribution in [0, 0.1) is 39.9 Å². The second-order valence-corrected chi connectivity index (χ2v) is 4.85. The Morgan fingerprint density at radius 3 is 2.00 bits per heavy atom. The predicted molar refractivity (Wildman–Crippen MR) is 55.1 cm³/mol. The van der Waals surface area contributed by atoms with Gasteiger partial charge in [-0.25, -0.2) is 0 Å². The number of rotatable bonds is 2. The zero-order valence-corrected chi connectivity index (χ0v) is 9.08. The molecule has 0 aromatic rings. The molecule has 0 aromatic carbocycles. The van der Waals surface area contributed by atoms with Gasteiger partial charge in [0.1, 0.15) is 5.92 Å². The van der Waals surface area contributed by atoms with Crippen molar-refractivity contribution in [2.75, 3.05) is 0 Å². The Balaban J connectivity index is 2.73. The van der Waals surface area contributed by atoms with Gasteiger partial charge in [-0.15, -0.1) is 0 Å². The summed E-state index contributed by atoms with van der Waals surface area (Å²) in [6.45, 7) is 4.14. The topological polar surface area (TPSA) is 47.6 Å². The van der Waals surface area contributed by atoms with Crippen molar-refractivity contribution in [2.24, 2.45) is 17.3 Å². The summed E-state index contributed by atoms with van der Waals surface area (Å²) in [6.07, 6.45) is 6.21. The van der Waals surface area contributed by atoms with E-state index in [0.717, 1.165) is 0 Å². The van der Waals surface area contributed by atoms with Gasteiger partial charge in [-0.3, -0.25) is 0 Å². The molecule has 14 heavy (non-hydrogen) atoms. The van der Waals surface area contributed by atoms with Crippen LogP contribution in [0.3, 0.4) is 0 Å². The van der Waals surface area contributed by atoms with Crippen molar-refractivity contribution >= 4 is 0 Å². The SMILES string of the molecule is CC(C)(C(C#N)C#N)C1CCCCC1. The molecule has 0 radical (unpaired) electrons. The van der Waals surface area contributed by atoms with E-state index < -0.39 is 5.92 Å². The molecule has 0 bridgehead atoms. The molecule has 1 rings (SSSR count). The Bertz CT molecular complexity index is 247. The second-order valence-electron chi connectivity index (χ2n) is 4.85. The lowest BCUT2D eigenvalue weighted by Crippen LogP contribution is -2.32. The fraction of sp³-hybridized carbons (Fsp3) is 0.833. The largest absolute Gasteiger partial charge is 0.197 e. The first-order chi connectivity index (χ1) is 6.62.